The molecule has 28 heavy (non-hydrogen) atoms. The van der Waals surface area contributed by atoms with Crippen molar-refractivity contribution in [2.24, 2.45) is 4.99 Å². The van der Waals surface area contributed by atoms with E-state index in [1.54, 1.807) is 7.11 Å². The molecule has 0 saturated carbocycles. The predicted octanol–water partition coefficient (Wildman–Crippen LogP) is 2.96. The highest BCUT2D eigenvalue weighted by atomic mass is 35.5. The highest BCUT2D eigenvalue weighted by molar-refractivity contribution is 6.31. The van der Waals surface area contributed by atoms with Gasteiger partial charge >= 0.3 is 0 Å². The molecule has 2 heterocycles. The first kappa shape index (κ1) is 20.5. The Balaban J connectivity index is 1.58. The number of hydrogen-bond donors (Lipinski definition) is 2. The summed E-state index contributed by atoms with van der Waals surface area (Å²) in [6.07, 6.45) is 5.44. The molecule has 0 aliphatic carbocycles. The molecule has 0 amide bonds. The number of benzene rings is 1. The second kappa shape index (κ2) is 10.3. The number of methoxy groups -OCH3 is 1. The van der Waals surface area contributed by atoms with Crippen LogP contribution in [0.3, 0.4) is 0 Å². The molecule has 1 aliphatic rings. The Kier molecular flexibility index (Phi) is 7.54. The van der Waals surface area contributed by atoms with E-state index in [0.717, 1.165) is 61.4 Å². The maximum atomic E-state index is 6.32. The van der Waals surface area contributed by atoms with Crippen LogP contribution in [-0.2, 0) is 25.9 Å². The van der Waals surface area contributed by atoms with Crippen LogP contribution in [0.4, 0.5) is 0 Å². The van der Waals surface area contributed by atoms with E-state index < -0.39 is 0 Å². The summed E-state index contributed by atoms with van der Waals surface area (Å²) >= 11 is 6.32. The van der Waals surface area contributed by atoms with Gasteiger partial charge < -0.3 is 19.9 Å². The normalized spacial score (nSPS) is 14.3. The molecule has 0 atom stereocenters. The highest BCUT2D eigenvalue weighted by Gasteiger charge is 2.14. The summed E-state index contributed by atoms with van der Waals surface area (Å²) in [5.74, 6) is 3.57. The van der Waals surface area contributed by atoms with E-state index in [4.69, 9.17) is 21.3 Å². The molecule has 0 bridgehead atoms. The number of ether oxygens (including phenoxy) is 1. The predicted molar refractivity (Wildman–Crippen MR) is 112 cm³/mol. The maximum Gasteiger partial charge on any atom is 0.191 e. The van der Waals surface area contributed by atoms with Crippen molar-refractivity contribution in [3.05, 3.63) is 40.4 Å². The van der Waals surface area contributed by atoms with Crippen LogP contribution in [0.1, 0.15) is 43.4 Å². The van der Waals surface area contributed by atoms with E-state index >= 15 is 0 Å². The lowest BCUT2D eigenvalue weighted by atomic mass is 10.1. The van der Waals surface area contributed by atoms with Gasteiger partial charge in [-0.25, -0.2) is 4.99 Å². The number of aliphatic imine (C=N–C) groups is 1. The third-order valence-electron chi connectivity index (χ3n) is 4.86. The fourth-order valence-electron chi connectivity index (χ4n) is 3.33. The third-order valence-corrected chi connectivity index (χ3v) is 5.21. The molecule has 2 N–H and O–H groups in total. The summed E-state index contributed by atoms with van der Waals surface area (Å²) in [5.41, 5.74) is 1.08. The molecule has 8 heteroatoms. The van der Waals surface area contributed by atoms with Gasteiger partial charge in [0.15, 0.2) is 11.8 Å². The Hall–Kier alpha value is -2.28. The second-order valence-electron chi connectivity index (χ2n) is 6.82. The smallest absolute Gasteiger partial charge is 0.191 e. The molecule has 0 fully saturated rings. The Morgan fingerprint density at radius 2 is 2.14 bits per heavy atom. The van der Waals surface area contributed by atoms with Gasteiger partial charge in [0.25, 0.3) is 0 Å². The van der Waals surface area contributed by atoms with E-state index in [0.29, 0.717) is 11.6 Å². The van der Waals surface area contributed by atoms with E-state index in [1.807, 2.05) is 18.2 Å². The van der Waals surface area contributed by atoms with E-state index in [9.17, 15) is 0 Å². The van der Waals surface area contributed by atoms with Crippen LogP contribution < -0.4 is 15.4 Å². The summed E-state index contributed by atoms with van der Waals surface area (Å²) in [4.78, 5) is 4.69. The van der Waals surface area contributed by atoms with Crippen LogP contribution in [0.25, 0.3) is 0 Å². The molecule has 1 aliphatic heterocycles. The number of hydrogen-bond acceptors (Lipinski definition) is 4. The maximum absolute atomic E-state index is 6.32. The van der Waals surface area contributed by atoms with Gasteiger partial charge in [-0.15, -0.1) is 10.2 Å². The molecule has 0 saturated heterocycles. The molecule has 7 nitrogen and oxygen atoms in total. The van der Waals surface area contributed by atoms with Gasteiger partial charge in [-0.1, -0.05) is 24.1 Å². The summed E-state index contributed by atoms with van der Waals surface area (Å²) in [6.45, 7) is 5.10. The molecule has 0 unspecified atom stereocenters. The van der Waals surface area contributed by atoms with Crippen LogP contribution in [0.5, 0.6) is 5.75 Å². The molecular weight excluding hydrogens is 376 g/mol. The number of fused-ring (bicyclic) bond motifs is 1. The molecule has 1 aromatic heterocycles. The van der Waals surface area contributed by atoms with Crippen LogP contribution in [0.15, 0.2) is 23.2 Å². The Morgan fingerprint density at radius 3 is 2.93 bits per heavy atom. The minimum Gasteiger partial charge on any atom is -0.497 e. The third kappa shape index (κ3) is 5.38. The van der Waals surface area contributed by atoms with Crippen molar-refractivity contribution in [3.63, 3.8) is 0 Å². The van der Waals surface area contributed by atoms with Gasteiger partial charge in [0.1, 0.15) is 18.1 Å². The Bertz CT molecular complexity index is 804. The largest absolute Gasteiger partial charge is 0.497 e. The quantitative estimate of drug-likeness (QED) is 0.548. The topological polar surface area (TPSA) is 76.4 Å². The van der Waals surface area contributed by atoms with Crippen molar-refractivity contribution in [2.45, 2.75) is 52.1 Å². The zero-order valence-electron chi connectivity index (χ0n) is 16.7. The molecular formula is C20H29ClN6O. The average molecular weight is 405 g/mol. The minimum atomic E-state index is 0.519. The number of nitrogens with zero attached hydrogens (tertiary/aromatic N) is 4. The van der Waals surface area contributed by atoms with Crippen molar-refractivity contribution in [1.82, 2.24) is 25.4 Å². The number of halogens is 1. The standard InChI is InChI=1S/C20H29ClN6O/c1-3-22-20(23-11-10-15-8-9-16(28-2)13-17(15)21)24-14-19-26-25-18-7-5-4-6-12-27(18)19/h8-9,13H,3-7,10-12,14H2,1-2H3,(H2,22,23,24). The highest BCUT2D eigenvalue weighted by Crippen LogP contribution is 2.22. The van der Waals surface area contributed by atoms with Gasteiger partial charge in [-0.2, -0.15) is 0 Å². The first-order valence-electron chi connectivity index (χ1n) is 9.96. The summed E-state index contributed by atoms with van der Waals surface area (Å²) in [7, 11) is 1.64. The molecule has 0 radical (unpaired) electrons. The van der Waals surface area contributed by atoms with Gasteiger partial charge in [0.05, 0.1) is 7.11 Å². The zero-order valence-corrected chi connectivity index (χ0v) is 17.4. The zero-order chi connectivity index (χ0) is 19.8. The average Bonchev–Trinajstić information content (AvgIpc) is 2.93. The first-order valence-corrected chi connectivity index (χ1v) is 10.3. The van der Waals surface area contributed by atoms with Crippen LogP contribution in [-0.4, -0.2) is 40.9 Å². The first-order chi connectivity index (χ1) is 13.7. The Labute approximate surface area is 171 Å². The van der Waals surface area contributed by atoms with Crippen molar-refractivity contribution < 1.29 is 4.74 Å². The van der Waals surface area contributed by atoms with Gasteiger partial charge in [0, 0.05) is 31.1 Å². The van der Waals surface area contributed by atoms with Gasteiger partial charge in [-0.05, 0) is 43.9 Å². The van der Waals surface area contributed by atoms with Crippen molar-refractivity contribution >= 4 is 17.6 Å². The fraction of sp³-hybridized carbons (Fsp3) is 0.550. The van der Waals surface area contributed by atoms with E-state index in [-0.39, 0.29) is 0 Å². The van der Waals surface area contributed by atoms with Gasteiger partial charge in [-0.3, -0.25) is 0 Å². The number of nitrogens with one attached hydrogen (secondary N) is 2. The number of guanidine groups is 1. The van der Waals surface area contributed by atoms with Crippen LogP contribution in [0, 0.1) is 0 Å². The lowest BCUT2D eigenvalue weighted by molar-refractivity contribution is 0.414. The monoisotopic (exact) mass is 404 g/mol. The molecule has 3 rings (SSSR count). The summed E-state index contributed by atoms with van der Waals surface area (Å²) in [5, 5.41) is 16.1. The summed E-state index contributed by atoms with van der Waals surface area (Å²) < 4.78 is 7.43. The lowest BCUT2D eigenvalue weighted by Crippen LogP contribution is -2.38. The van der Waals surface area contributed by atoms with E-state index in [1.165, 1.54) is 19.3 Å². The van der Waals surface area contributed by atoms with E-state index in [2.05, 4.69) is 32.3 Å². The fourth-order valence-corrected chi connectivity index (χ4v) is 3.59. The summed E-state index contributed by atoms with van der Waals surface area (Å²) in [6, 6.07) is 5.77. The number of rotatable bonds is 7. The lowest BCUT2D eigenvalue weighted by Gasteiger charge is -2.12. The molecule has 1 aromatic carbocycles. The number of aryl methyl sites for hydroxylation is 1. The number of aromatic nitrogens is 3. The molecule has 2 aromatic rings. The Morgan fingerprint density at radius 1 is 1.25 bits per heavy atom. The molecule has 152 valence electrons. The van der Waals surface area contributed by atoms with Crippen molar-refractivity contribution in [1.29, 1.82) is 0 Å². The SMILES string of the molecule is CCNC(=NCc1nnc2n1CCCCC2)NCCc1ccc(OC)cc1Cl. The van der Waals surface area contributed by atoms with Crippen molar-refractivity contribution in [2.75, 3.05) is 20.2 Å². The van der Waals surface area contributed by atoms with Crippen molar-refractivity contribution in [3.8, 4) is 5.75 Å². The second-order valence-corrected chi connectivity index (χ2v) is 7.23. The van der Waals surface area contributed by atoms with Crippen LogP contribution in [0.2, 0.25) is 5.02 Å². The van der Waals surface area contributed by atoms with Gasteiger partial charge in [0.2, 0.25) is 0 Å². The minimum absolute atomic E-state index is 0.519. The van der Waals surface area contributed by atoms with Crippen LogP contribution >= 0.6 is 11.6 Å². The molecule has 0 spiro atoms.